The Morgan fingerprint density at radius 1 is 1.10 bits per heavy atom. The van der Waals surface area contributed by atoms with E-state index >= 15 is 0 Å². The van der Waals surface area contributed by atoms with Crippen molar-refractivity contribution >= 4 is 17.8 Å². The third-order valence-corrected chi connectivity index (χ3v) is 2.74. The number of hydrogen-bond acceptors (Lipinski definition) is 3. The van der Waals surface area contributed by atoms with E-state index in [0.29, 0.717) is 16.9 Å². The van der Waals surface area contributed by atoms with Gasteiger partial charge in [-0.05, 0) is 42.8 Å². The molecule has 3 nitrogen and oxygen atoms in total. The van der Waals surface area contributed by atoms with Crippen molar-refractivity contribution < 1.29 is 18.7 Å². The van der Waals surface area contributed by atoms with Gasteiger partial charge in [0.25, 0.3) is 0 Å². The molecule has 21 heavy (non-hydrogen) atoms. The first kappa shape index (κ1) is 14.7. The lowest BCUT2D eigenvalue weighted by Crippen LogP contribution is -2.04. The molecule has 2 rings (SSSR count). The van der Waals surface area contributed by atoms with Crippen LogP contribution in [-0.2, 0) is 4.79 Å². The van der Waals surface area contributed by atoms with Crippen molar-refractivity contribution in [1.29, 1.82) is 0 Å². The lowest BCUT2D eigenvalue weighted by molar-refractivity contribution is -0.128. The van der Waals surface area contributed by atoms with Crippen molar-refractivity contribution in [3.8, 4) is 5.75 Å². The van der Waals surface area contributed by atoms with E-state index in [-0.39, 0.29) is 11.6 Å². The molecule has 0 saturated carbocycles. The lowest BCUT2D eigenvalue weighted by Gasteiger charge is -2.02. The van der Waals surface area contributed by atoms with E-state index in [4.69, 9.17) is 4.74 Å². The molecule has 0 saturated heterocycles. The highest BCUT2D eigenvalue weighted by molar-refractivity contribution is 5.95. The number of rotatable bonds is 4. The summed E-state index contributed by atoms with van der Waals surface area (Å²) < 4.78 is 17.8. The minimum absolute atomic E-state index is 0.102. The molecule has 0 amide bonds. The molecule has 2 aromatic carbocycles. The summed E-state index contributed by atoms with van der Waals surface area (Å²) in [7, 11) is 0. The number of halogens is 1. The number of hydrogen-bond donors (Lipinski definition) is 0. The van der Waals surface area contributed by atoms with Crippen molar-refractivity contribution in [3.63, 3.8) is 0 Å². The van der Waals surface area contributed by atoms with Crippen molar-refractivity contribution in [2.75, 3.05) is 0 Å². The molecule has 106 valence electrons. The van der Waals surface area contributed by atoms with Crippen molar-refractivity contribution in [3.05, 3.63) is 71.6 Å². The molecule has 0 atom stereocenters. The number of Topliss-reactive ketones (excluding diaryl/α,β-unsaturated/α-hetero) is 1. The van der Waals surface area contributed by atoms with Crippen molar-refractivity contribution in [2.24, 2.45) is 0 Å². The van der Waals surface area contributed by atoms with Crippen molar-refractivity contribution in [2.45, 2.75) is 6.92 Å². The first-order valence-corrected chi connectivity index (χ1v) is 6.31. The number of carbonyl (C=O) groups is 2. The topological polar surface area (TPSA) is 43.4 Å². The van der Waals surface area contributed by atoms with Gasteiger partial charge in [-0.3, -0.25) is 4.79 Å². The molecule has 0 bridgehead atoms. The molecule has 0 aliphatic carbocycles. The van der Waals surface area contributed by atoms with Crippen molar-refractivity contribution in [1.82, 2.24) is 0 Å². The minimum Gasteiger partial charge on any atom is -0.423 e. The Hall–Kier alpha value is -2.75. The zero-order valence-electron chi connectivity index (χ0n) is 11.4. The maximum atomic E-state index is 12.7. The maximum Gasteiger partial charge on any atom is 0.336 e. The van der Waals surface area contributed by atoms with E-state index in [1.165, 1.54) is 37.3 Å². The van der Waals surface area contributed by atoms with Crippen LogP contribution in [0.2, 0.25) is 0 Å². The molecule has 0 aliphatic rings. The standard InChI is InChI=1S/C17H13FO3/c1-12(19)14-3-2-4-16(11-14)21-17(20)10-7-13-5-8-15(18)9-6-13/h2-11H,1H3/b10-7+. The van der Waals surface area contributed by atoms with E-state index in [9.17, 15) is 14.0 Å². The van der Waals surface area contributed by atoms with E-state index in [0.717, 1.165) is 0 Å². The largest absolute Gasteiger partial charge is 0.423 e. The zero-order valence-corrected chi connectivity index (χ0v) is 11.4. The molecule has 0 aliphatic heterocycles. The number of benzene rings is 2. The Balaban J connectivity index is 2.03. The third kappa shape index (κ3) is 4.38. The van der Waals surface area contributed by atoms with Gasteiger partial charge in [0.1, 0.15) is 11.6 Å². The van der Waals surface area contributed by atoms with Crippen LogP contribution in [-0.4, -0.2) is 11.8 Å². The average Bonchev–Trinajstić information content (AvgIpc) is 2.47. The van der Waals surface area contributed by atoms with Crippen LogP contribution in [0.5, 0.6) is 5.75 Å². The fourth-order valence-electron chi connectivity index (χ4n) is 1.67. The van der Waals surface area contributed by atoms with Crippen LogP contribution in [0.25, 0.3) is 6.08 Å². The molecule has 0 unspecified atom stereocenters. The molecule has 0 aromatic heterocycles. The quantitative estimate of drug-likeness (QED) is 0.372. The van der Waals surface area contributed by atoms with Gasteiger partial charge in [0.15, 0.2) is 5.78 Å². The lowest BCUT2D eigenvalue weighted by atomic mass is 10.1. The second-order valence-electron chi connectivity index (χ2n) is 4.39. The summed E-state index contributed by atoms with van der Waals surface area (Å²) in [6.45, 7) is 1.44. The fraction of sp³-hybridized carbons (Fsp3) is 0.0588. The normalized spacial score (nSPS) is 10.6. The molecule has 0 fully saturated rings. The summed E-state index contributed by atoms with van der Waals surface area (Å²) in [5.74, 6) is -0.706. The van der Waals surface area contributed by atoms with Crippen LogP contribution < -0.4 is 4.74 Å². The zero-order chi connectivity index (χ0) is 15.2. The van der Waals surface area contributed by atoms with Crippen LogP contribution in [0.15, 0.2) is 54.6 Å². The molecule has 4 heteroatoms. The third-order valence-electron chi connectivity index (χ3n) is 2.74. The predicted molar refractivity (Wildman–Crippen MR) is 77.5 cm³/mol. The highest BCUT2D eigenvalue weighted by Gasteiger charge is 2.04. The summed E-state index contributed by atoms with van der Waals surface area (Å²) >= 11 is 0. The van der Waals surface area contributed by atoms with Gasteiger partial charge < -0.3 is 4.74 Å². The highest BCUT2D eigenvalue weighted by atomic mass is 19.1. The molecule has 0 spiro atoms. The molecule has 2 aromatic rings. The van der Waals surface area contributed by atoms with Crippen LogP contribution >= 0.6 is 0 Å². The van der Waals surface area contributed by atoms with Crippen LogP contribution in [0, 0.1) is 5.82 Å². The summed E-state index contributed by atoms with van der Waals surface area (Å²) in [5.41, 5.74) is 1.16. The van der Waals surface area contributed by atoms with E-state index in [1.807, 2.05) is 0 Å². The summed E-state index contributed by atoms with van der Waals surface area (Å²) in [6.07, 6.45) is 2.77. The first-order chi connectivity index (χ1) is 10.0. The monoisotopic (exact) mass is 284 g/mol. The van der Waals surface area contributed by atoms with Gasteiger partial charge in [-0.25, -0.2) is 9.18 Å². The van der Waals surface area contributed by atoms with Crippen LogP contribution in [0.1, 0.15) is 22.8 Å². The van der Waals surface area contributed by atoms with Crippen LogP contribution in [0.4, 0.5) is 4.39 Å². The molecule has 0 heterocycles. The Kier molecular flexibility index (Phi) is 4.61. The van der Waals surface area contributed by atoms with Gasteiger partial charge in [-0.15, -0.1) is 0 Å². The van der Waals surface area contributed by atoms with Gasteiger partial charge in [-0.2, -0.15) is 0 Å². The number of esters is 1. The summed E-state index contributed by atoms with van der Waals surface area (Å²) in [4.78, 5) is 22.9. The molecular weight excluding hydrogens is 271 g/mol. The Morgan fingerprint density at radius 3 is 2.48 bits per heavy atom. The molecular formula is C17H13FO3. The van der Waals surface area contributed by atoms with Gasteiger partial charge >= 0.3 is 5.97 Å². The maximum absolute atomic E-state index is 12.7. The van der Waals surface area contributed by atoms with Crippen LogP contribution in [0.3, 0.4) is 0 Å². The average molecular weight is 284 g/mol. The van der Waals surface area contributed by atoms with Gasteiger partial charge in [0, 0.05) is 11.6 Å². The Bertz CT molecular complexity index is 687. The van der Waals surface area contributed by atoms with Gasteiger partial charge in [0.2, 0.25) is 0 Å². The van der Waals surface area contributed by atoms with Gasteiger partial charge in [0.05, 0.1) is 0 Å². The van der Waals surface area contributed by atoms with Gasteiger partial charge in [-0.1, -0.05) is 24.3 Å². The first-order valence-electron chi connectivity index (χ1n) is 6.31. The molecule has 0 radical (unpaired) electrons. The predicted octanol–water partition coefficient (Wildman–Crippen LogP) is 3.65. The Morgan fingerprint density at radius 2 is 1.81 bits per heavy atom. The number of ether oxygens (including phenoxy) is 1. The minimum atomic E-state index is -0.569. The Labute approximate surface area is 121 Å². The summed E-state index contributed by atoms with van der Waals surface area (Å²) in [6, 6.07) is 12.1. The SMILES string of the molecule is CC(=O)c1cccc(OC(=O)/C=C/c2ccc(F)cc2)c1. The number of carbonyl (C=O) groups excluding carboxylic acids is 2. The number of ketones is 1. The highest BCUT2D eigenvalue weighted by Crippen LogP contribution is 2.14. The van der Waals surface area contributed by atoms with E-state index in [1.54, 1.807) is 30.3 Å². The second-order valence-corrected chi connectivity index (χ2v) is 4.39. The van der Waals surface area contributed by atoms with E-state index < -0.39 is 5.97 Å². The van der Waals surface area contributed by atoms with E-state index in [2.05, 4.69) is 0 Å². The molecule has 0 N–H and O–H groups in total. The smallest absolute Gasteiger partial charge is 0.336 e. The fourth-order valence-corrected chi connectivity index (χ4v) is 1.67. The second kappa shape index (κ2) is 6.61. The summed E-state index contributed by atoms with van der Waals surface area (Å²) in [5, 5.41) is 0.